The van der Waals surface area contributed by atoms with Crippen LogP contribution in [0.25, 0.3) is 0 Å². The Morgan fingerprint density at radius 2 is 1.76 bits per heavy atom. The van der Waals surface area contributed by atoms with Crippen molar-refractivity contribution in [2.75, 3.05) is 20.6 Å². The molecule has 4 heteroatoms. The molecule has 0 N–H and O–H groups in total. The second kappa shape index (κ2) is 12.6. The highest BCUT2D eigenvalue weighted by Gasteiger charge is 2.27. The number of carbonyl (C=O) groups is 1. The predicted octanol–water partition coefficient (Wildman–Crippen LogP) is 5.49. The number of carbonyl (C=O) groups excluding carboxylic acids is 1. The molecule has 1 saturated carbocycles. The van der Waals surface area contributed by atoms with Crippen molar-refractivity contribution in [3.8, 4) is 6.07 Å². The first-order valence-electron chi connectivity index (χ1n) is 11.4. The highest BCUT2D eigenvalue weighted by atomic mass is 16.2. The molecule has 0 radical (unpaired) electrons. The number of amides is 1. The van der Waals surface area contributed by atoms with Crippen LogP contribution in [0.5, 0.6) is 0 Å². The third kappa shape index (κ3) is 7.82. The fraction of sp³-hybridized carbons (Fsp3) is 0.680. The molecule has 1 fully saturated rings. The summed E-state index contributed by atoms with van der Waals surface area (Å²) in [5.74, 6) is 0.947. The number of hydrogen-bond acceptors (Lipinski definition) is 3. The van der Waals surface area contributed by atoms with Crippen molar-refractivity contribution in [3.63, 3.8) is 0 Å². The van der Waals surface area contributed by atoms with E-state index in [1.54, 1.807) is 0 Å². The van der Waals surface area contributed by atoms with E-state index in [2.05, 4.69) is 49.2 Å². The summed E-state index contributed by atoms with van der Waals surface area (Å²) in [7, 11) is 4.12. The number of hydrogen-bond donors (Lipinski definition) is 0. The van der Waals surface area contributed by atoms with Gasteiger partial charge in [0.2, 0.25) is 5.91 Å². The fourth-order valence-electron chi connectivity index (χ4n) is 4.42. The molecule has 29 heavy (non-hydrogen) atoms. The molecule has 2 rings (SSSR count). The van der Waals surface area contributed by atoms with Crippen LogP contribution in [0.3, 0.4) is 0 Å². The van der Waals surface area contributed by atoms with Gasteiger partial charge in [-0.1, -0.05) is 44.0 Å². The maximum atomic E-state index is 12.4. The van der Waals surface area contributed by atoms with E-state index < -0.39 is 0 Å². The zero-order chi connectivity index (χ0) is 21.1. The molecular weight excluding hydrogens is 358 g/mol. The van der Waals surface area contributed by atoms with Crippen LogP contribution in [0.2, 0.25) is 0 Å². The quantitative estimate of drug-likeness (QED) is 0.464. The molecule has 0 saturated heterocycles. The second-order valence-corrected chi connectivity index (χ2v) is 8.71. The molecule has 1 aliphatic rings. The predicted molar refractivity (Wildman–Crippen MR) is 120 cm³/mol. The van der Waals surface area contributed by atoms with Gasteiger partial charge in [-0.2, -0.15) is 5.26 Å². The first-order chi connectivity index (χ1) is 14.0. The van der Waals surface area contributed by atoms with Gasteiger partial charge in [0.1, 0.15) is 0 Å². The summed E-state index contributed by atoms with van der Waals surface area (Å²) < 4.78 is 0. The van der Waals surface area contributed by atoms with Crippen molar-refractivity contribution in [3.05, 3.63) is 35.4 Å². The summed E-state index contributed by atoms with van der Waals surface area (Å²) >= 11 is 0. The first-order valence-corrected chi connectivity index (χ1v) is 11.4. The van der Waals surface area contributed by atoms with Crippen molar-refractivity contribution in [1.29, 1.82) is 5.26 Å². The topological polar surface area (TPSA) is 47.3 Å². The highest BCUT2D eigenvalue weighted by Crippen LogP contribution is 2.34. The smallest absolute Gasteiger partial charge is 0.222 e. The number of nitrogens with zero attached hydrogens (tertiary/aromatic N) is 3. The van der Waals surface area contributed by atoms with E-state index in [1.165, 1.54) is 30.4 Å². The second-order valence-electron chi connectivity index (χ2n) is 8.71. The Labute approximate surface area is 177 Å². The Bertz CT molecular complexity index is 641. The molecule has 1 aromatic carbocycles. The van der Waals surface area contributed by atoms with Crippen LogP contribution in [0, 0.1) is 11.3 Å². The number of nitriles is 1. The molecule has 0 heterocycles. The Morgan fingerprint density at radius 1 is 1.07 bits per heavy atom. The van der Waals surface area contributed by atoms with Crippen LogP contribution in [0.4, 0.5) is 0 Å². The molecule has 0 aromatic heterocycles. The van der Waals surface area contributed by atoms with E-state index in [9.17, 15) is 4.79 Å². The Balaban J connectivity index is 1.77. The molecule has 0 unspecified atom stereocenters. The zero-order valence-electron chi connectivity index (χ0n) is 18.7. The monoisotopic (exact) mass is 397 g/mol. The van der Waals surface area contributed by atoms with E-state index in [1.807, 2.05) is 11.9 Å². The average molecular weight is 398 g/mol. The van der Waals surface area contributed by atoms with E-state index in [4.69, 9.17) is 5.26 Å². The Kier molecular flexibility index (Phi) is 10.2. The minimum absolute atomic E-state index is 0.324. The summed E-state index contributed by atoms with van der Waals surface area (Å²) in [6, 6.07) is 11.7. The van der Waals surface area contributed by atoms with Crippen molar-refractivity contribution in [2.24, 2.45) is 0 Å². The van der Waals surface area contributed by atoms with Gasteiger partial charge in [-0.15, -0.1) is 0 Å². The summed E-state index contributed by atoms with van der Waals surface area (Å²) in [4.78, 5) is 16.7. The third-order valence-corrected chi connectivity index (χ3v) is 6.36. The highest BCUT2D eigenvalue weighted by molar-refractivity contribution is 5.76. The molecule has 1 amide bonds. The van der Waals surface area contributed by atoms with Crippen LogP contribution < -0.4 is 0 Å². The number of rotatable bonds is 11. The summed E-state index contributed by atoms with van der Waals surface area (Å²) in [6.07, 6.45) is 10.2. The summed E-state index contributed by atoms with van der Waals surface area (Å²) in [6.45, 7) is 4.07. The van der Waals surface area contributed by atoms with E-state index in [-0.39, 0.29) is 0 Å². The minimum atomic E-state index is 0.324. The lowest BCUT2D eigenvalue weighted by Gasteiger charge is -2.35. The van der Waals surface area contributed by atoms with Crippen molar-refractivity contribution >= 4 is 5.91 Å². The molecule has 160 valence electrons. The normalized spacial score (nSPS) is 19.1. The summed E-state index contributed by atoms with van der Waals surface area (Å²) in [5.41, 5.74) is 2.77. The van der Waals surface area contributed by atoms with Crippen molar-refractivity contribution in [2.45, 2.75) is 89.6 Å². The van der Waals surface area contributed by atoms with Gasteiger partial charge in [-0.25, -0.2) is 0 Å². The molecule has 0 aliphatic heterocycles. The first kappa shape index (κ1) is 23.4. The van der Waals surface area contributed by atoms with Gasteiger partial charge in [0.05, 0.1) is 6.07 Å². The van der Waals surface area contributed by atoms with Crippen LogP contribution in [-0.2, 0) is 11.3 Å². The van der Waals surface area contributed by atoms with Gasteiger partial charge in [-0.05, 0) is 69.2 Å². The maximum Gasteiger partial charge on any atom is 0.222 e. The lowest BCUT2D eigenvalue weighted by atomic mass is 9.81. The van der Waals surface area contributed by atoms with Crippen LogP contribution in [-0.4, -0.2) is 42.4 Å². The van der Waals surface area contributed by atoms with E-state index in [0.717, 1.165) is 45.2 Å². The Hall–Kier alpha value is -1.86. The van der Waals surface area contributed by atoms with Crippen molar-refractivity contribution in [1.82, 2.24) is 9.80 Å². The largest absolute Gasteiger partial charge is 0.343 e. The lowest BCUT2D eigenvalue weighted by molar-refractivity contribution is -0.132. The molecule has 1 aromatic rings. The van der Waals surface area contributed by atoms with Gasteiger partial charge in [-0.3, -0.25) is 4.79 Å². The van der Waals surface area contributed by atoms with Gasteiger partial charge in [0, 0.05) is 32.5 Å². The Morgan fingerprint density at radius 3 is 2.38 bits per heavy atom. The lowest BCUT2D eigenvalue weighted by Crippen LogP contribution is -2.39. The van der Waals surface area contributed by atoms with Gasteiger partial charge >= 0.3 is 0 Å². The fourth-order valence-corrected chi connectivity index (χ4v) is 4.42. The van der Waals surface area contributed by atoms with Gasteiger partial charge in [0.25, 0.3) is 0 Å². The molecule has 4 nitrogen and oxygen atoms in total. The molecule has 0 atom stereocenters. The van der Waals surface area contributed by atoms with E-state index in [0.29, 0.717) is 30.7 Å². The molecule has 1 aliphatic carbocycles. The van der Waals surface area contributed by atoms with Crippen LogP contribution in [0.1, 0.15) is 88.2 Å². The third-order valence-electron chi connectivity index (χ3n) is 6.36. The SMILES string of the molecule is CCCCCC(=O)N(C)C1CCC(c2ccc(CN(C)CCCC#N)cc2)CC1. The van der Waals surface area contributed by atoms with Gasteiger partial charge in [0.15, 0.2) is 0 Å². The number of benzene rings is 1. The molecular formula is C25H39N3O. The van der Waals surface area contributed by atoms with Crippen LogP contribution in [0.15, 0.2) is 24.3 Å². The molecule has 0 spiro atoms. The van der Waals surface area contributed by atoms with Crippen LogP contribution >= 0.6 is 0 Å². The zero-order valence-corrected chi connectivity index (χ0v) is 18.7. The van der Waals surface area contributed by atoms with Crippen molar-refractivity contribution < 1.29 is 4.79 Å². The van der Waals surface area contributed by atoms with E-state index >= 15 is 0 Å². The minimum Gasteiger partial charge on any atom is -0.343 e. The standard InChI is InChI=1S/C25H39N3O/c1-4-5-6-9-25(29)28(3)24-16-14-23(15-17-24)22-12-10-21(11-13-22)20-27(2)19-8-7-18-26/h10-13,23-24H,4-9,14-17,19-20H2,1-3H3. The summed E-state index contributed by atoms with van der Waals surface area (Å²) in [5, 5.41) is 8.65. The number of unbranched alkanes of at least 4 members (excludes halogenated alkanes) is 3. The maximum absolute atomic E-state index is 12.4. The molecule has 0 bridgehead atoms. The average Bonchev–Trinajstić information content (AvgIpc) is 2.74. The van der Waals surface area contributed by atoms with Gasteiger partial charge < -0.3 is 9.80 Å².